The monoisotopic (exact) mass is 257 g/mol. The molecule has 3 N–H and O–H groups in total. The fraction of sp³-hybridized carbons (Fsp3) is 0.929. The van der Waals surface area contributed by atoms with Crippen LogP contribution in [-0.2, 0) is 4.79 Å². The Kier molecular flexibility index (Phi) is 8.20. The van der Waals surface area contributed by atoms with Gasteiger partial charge in [-0.1, -0.05) is 20.3 Å². The Bertz CT molecular complexity index is 233. The standard InChI is InChI=1S/C14H31N3O/c1-7-12(6)13(15)14(18)16-8-9-17(10(2)3)11(4)5/h10-13H,7-9,15H2,1-6H3,(H,16,18)/t12?,13-/m0/s1. The molecule has 0 aromatic heterocycles. The number of amides is 1. The van der Waals surface area contributed by atoms with Gasteiger partial charge in [0.2, 0.25) is 5.91 Å². The fourth-order valence-electron chi connectivity index (χ4n) is 2.05. The minimum Gasteiger partial charge on any atom is -0.353 e. The van der Waals surface area contributed by atoms with E-state index in [-0.39, 0.29) is 17.9 Å². The molecule has 0 aliphatic heterocycles. The summed E-state index contributed by atoms with van der Waals surface area (Å²) in [4.78, 5) is 14.2. The van der Waals surface area contributed by atoms with Gasteiger partial charge in [-0.15, -0.1) is 0 Å². The molecule has 0 saturated heterocycles. The van der Waals surface area contributed by atoms with Gasteiger partial charge in [-0.2, -0.15) is 0 Å². The lowest BCUT2D eigenvalue weighted by Gasteiger charge is -2.30. The van der Waals surface area contributed by atoms with Gasteiger partial charge < -0.3 is 11.1 Å². The minimum atomic E-state index is -0.387. The maximum atomic E-state index is 11.8. The predicted molar refractivity (Wildman–Crippen MR) is 77.4 cm³/mol. The number of carbonyl (C=O) groups excluding carboxylic acids is 1. The van der Waals surface area contributed by atoms with Crippen molar-refractivity contribution >= 4 is 5.91 Å². The van der Waals surface area contributed by atoms with Crippen molar-refractivity contribution < 1.29 is 4.79 Å². The summed E-state index contributed by atoms with van der Waals surface area (Å²) < 4.78 is 0. The second kappa shape index (κ2) is 8.48. The lowest BCUT2D eigenvalue weighted by molar-refractivity contribution is -0.123. The molecule has 0 saturated carbocycles. The molecule has 0 heterocycles. The molecule has 1 unspecified atom stereocenters. The summed E-state index contributed by atoms with van der Waals surface area (Å²) in [5.74, 6) is 0.202. The van der Waals surface area contributed by atoms with Crippen molar-refractivity contribution in [2.45, 2.75) is 66.1 Å². The first-order valence-electron chi connectivity index (χ1n) is 7.10. The fourth-order valence-corrected chi connectivity index (χ4v) is 2.05. The third-order valence-corrected chi connectivity index (χ3v) is 3.56. The number of hydrogen-bond donors (Lipinski definition) is 2. The quantitative estimate of drug-likeness (QED) is 0.694. The van der Waals surface area contributed by atoms with Crippen molar-refractivity contribution in [2.75, 3.05) is 13.1 Å². The van der Waals surface area contributed by atoms with Gasteiger partial charge >= 0.3 is 0 Å². The summed E-state index contributed by atoms with van der Waals surface area (Å²) in [5.41, 5.74) is 5.88. The number of carbonyl (C=O) groups is 1. The van der Waals surface area contributed by atoms with Gasteiger partial charge in [0, 0.05) is 25.2 Å². The van der Waals surface area contributed by atoms with Crippen LogP contribution in [0.25, 0.3) is 0 Å². The van der Waals surface area contributed by atoms with Crippen molar-refractivity contribution in [1.82, 2.24) is 10.2 Å². The van der Waals surface area contributed by atoms with Crippen LogP contribution in [0.2, 0.25) is 0 Å². The molecule has 0 aromatic carbocycles. The topological polar surface area (TPSA) is 58.4 Å². The van der Waals surface area contributed by atoms with E-state index in [1.807, 2.05) is 6.92 Å². The van der Waals surface area contributed by atoms with E-state index in [9.17, 15) is 4.79 Å². The first-order valence-corrected chi connectivity index (χ1v) is 7.10. The highest BCUT2D eigenvalue weighted by molar-refractivity contribution is 5.81. The Morgan fingerprint density at radius 1 is 1.17 bits per heavy atom. The smallest absolute Gasteiger partial charge is 0.237 e. The lowest BCUT2D eigenvalue weighted by Crippen LogP contribution is -2.48. The molecule has 0 rings (SSSR count). The molecule has 0 spiro atoms. The van der Waals surface area contributed by atoms with Crippen LogP contribution < -0.4 is 11.1 Å². The number of hydrogen-bond acceptors (Lipinski definition) is 3. The highest BCUT2D eigenvalue weighted by Gasteiger charge is 2.19. The normalized spacial score (nSPS) is 15.2. The second-order valence-electron chi connectivity index (χ2n) is 5.63. The Morgan fingerprint density at radius 3 is 2.06 bits per heavy atom. The molecule has 1 amide bonds. The highest BCUT2D eigenvalue weighted by atomic mass is 16.2. The molecule has 108 valence electrons. The third kappa shape index (κ3) is 5.83. The zero-order chi connectivity index (χ0) is 14.3. The maximum Gasteiger partial charge on any atom is 0.237 e. The highest BCUT2D eigenvalue weighted by Crippen LogP contribution is 2.06. The Labute approximate surface area is 112 Å². The number of rotatable bonds is 8. The van der Waals surface area contributed by atoms with Crippen LogP contribution in [0, 0.1) is 5.92 Å². The van der Waals surface area contributed by atoms with Crippen molar-refractivity contribution in [3.05, 3.63) is 0 Å². The summed E-state index contributed by atoms with van der Waals surface area (Å²) in [6, 6.07) is 0.594. The molecule has 0 aliphatic rings. The largest absolute Gasteiger partial charge is 0.353 e. The van der Waals surface area contributed by atoms with Gasteiger partial charge in [-0.3, -0.25) is 9.69 Å². The molecule has 4 nitrogen and oxygen atoms in total. The van der Waals surface area contributed by atoms with Gasteiger partial charge in [0.1, 0.15) is 0 Å². The summed E-state index contributed by atoms with van der Waals surface area (Å²) in [6.07, 6.45) is 0.929. The number of nitrogens with one attached hydrogen (secondary N) is 1. The zero-order valence-electron chi connectivity index (χ0n) is 12.9. The molecule has 0 fully saturated rings. The zero-order valence-corrected chi connectivity index (χ0v) is 12.9. The van der Waals surface area contributed by atoms with Gasteiger partial charge in [-0.05, 0) is 33.6 Å². The van der Waals surface area contributed by atoms with Gasteiger partial charge in [0.05, 0.1) is 6.04 Å². The Hall–Kier alpha value is -0.610. The van der Waals surface area contributed by atoms with E-state index < -0.39 is 0 Å². The summed E-state index contributed by atoms with van der Waals surface area (Å²) in [5, 5.41) is 2.93. The number of nitrogens with zero attached hydrogens (tertiary/aromatic N) is 1. The van der Waals surface area contributed by atoms with Gasteiger partial charge in [-0.25, -0.2) is 0 Å². The van der Waals surface area contributed by atoms with Crippen molar-refractivity contribution in [3.8, 4) is 0 Å². The minimum absolute atomic E-state index is 0.0307. The van der Waals surface area contributed by atoms with Crippen LogP contribution in [-0.4, -0.2) is 42.0 Å². The molecule has 4 heteroatoms. The van der Waals surface area contributed by atoms with Crippen LogP contribution in [0.5, 0.6) is 0 Å². The Balaban J connectivity index is 4.06. The summed E-state index contributed by atoms with van der Waals surface area (Å²) >= 11 is 0. The molecule has 2 atom stereocenters. The van der Waals surface area contributed by atoms with Crippen molar-refractivity contribution in [2.24, 2.45) is 11.7 Å². The van der Waals surface area contributed by atoms with E-state index in [4.69, 9.17) is 5.73 Å². The van der Waals surface area contributed by atoms with E-state index >= 15 is 0 Å². The van der Waals surface area contributed by atoms with Crippen molar-refractivity contribution in [1.29, 1.82) is 0 Å². The second-order valence-corrected chi connectivity index (χ2v) is 5.63. The summed E-state index contributed by atoms with van der Waals surface area (Å²) in [6.45, 7) is 14.3. The maximum absolute atomic E-state index is 11.8. The summed E-state index contributed by atoms with van der Waals surface area (Å²) in [7, 11) is 0. The first-order chi connectivity index (χ1) is 8.31. The van der Waals surface area contributed by atoms with E-state index in [1.54, 1.807) is 0 Å². The van der Waals surface area contributed by atoms with E-state index in [1.165, 1.54) is 0 Å². The molecular formula is C14H31N3O. The molecule has 18 heavy (non-hydrogen) atoms. The predicted octanol–water partition coefficient (Wildman–Crippen LogP) is 1.59. The number of nitrogens with two attached hydrogens (primary N) is 1. The van der Waals surface area contributed by atoms with E-state index in [0.717, 1.165) is 13.0 Å². The van der Waals surface area contributed by atoms with Crippen LogP contribution in [0.1, 0.15) is 48.0 Å². The van der Waals surface area contributed by atoms with Crippen LogP contribution in [0.4, 0.5) is 0 Å². The average Bonchev–Trinajstić information content (AvgIpc) is 2.31. The Morgan fingerprint density at radius 2 is 1.67 bits per heavy atom. The molecular weight excluding hydrogens is 226 g/mol. The molecule has 0 aliphatic carbocycles. The van der Waals surface area contributed by atoms with Gasteiger partial charge in [0.15, 0.2) is 0 Å². The van der Waals surface area contributed by atoms with Crippen molar-refractivity contribution in [3.63, 3.8) is 0 Å². The van der Waals surface area contributed by atoms with E-state index in [0.29, 0.717) is 18.6 Å². The first kappa shape index (κ1) is 17.4. The molecule has 0 aromatic rings. The molecule has 0 bridgehead atoms. The van der Waals surface area contributed by atoms with Gasteiger partial charge in [0.25, 0.3) is 0 Å². The average molecular weight is 257 g/mol. The lowest BCUT2D eigenvalue weighted by atomic mass is 9.99. The van der Waals surface area contributed by atoms with Crippen LogP contribution in [0.15, 0.2) is 0 Å². The van der Waals surface area contributed by atoms with E-state index in [2.05, 4.69) is 44.8 Å². The third-order valence-electron chi connectivity index (χ3n) is 3.56. The molecule has 0 radical (unpaired) electrons. The SMILES string of the molecule is CCC(C)[C@H](N)C(=O)NCCN(C(C)C)C(C)C. The van der Waals surface area contributed by atoms with Crippen LogP contribution in [0.3, 0.4) is 0 Å². The van der Waals surface area contributed by atoms with Crippen LogP contribution >= 0.6 is 0 Å².